The van der Waals surface area contributed by atoms with Gasteiger partial charge in [0.25, 0.3) is 0 Å². The van der Waals surface area contributed by atoms with Crippen LogP contribution < -0.4 is 28.8 Å². The molecule has 0 fully saturated rings. The molecule has 0 aromatic carbocycles. The quantitative estimate of drug-likeness (QED) is 0.371. The van der Waals surface area contributed by atoms with Crippen LogP contribution in [0.5, 0.6) is 0 Å². The SMILES string of the molecule is [O-][Si]([O-])([O-])O[Si]([O-])([O-])[O-]. The zero-order valence-corrected chi connectivity index (χ0v) is 5.86. The molecule has 0 bridgehead atoms. The maximum atomic E-state index is 9.36. The van der Waals surface area contributed by atoms with Crippen LogP contribution in [0.4, 0.5) is 0 Å². The van der Waals surface area contributed by atoms with Crippen molar-refractivity contribution in [3.63, 3.8) is 0 Å². The highest BCUT2D eigenvalue weighted by molar-refractivity contribution is 6.58. The van der Waals surface area contributed by atoms with Crippen molar-refractivity contribution < 1.29 is 32.9 Å². The average Bonchev–Trinajstić information content (AvgIpc) is 1.14. The summed E-state index contributed by atoms with van der Waals surface area (Å²) in [5.74, 6) is 0. The zero-order chi connectivity index (χ0) is 7.71. The van der Waals surface area contributed by atoms with Gasteiger partial charge >= 0.3 is 0 Å². The van der Waals surface area contributed by atoms with Crippen LogP contribution in [-0.4, -0.2) is 18.1 Å². The number of rotatable bonds is 2. The highest BCUT2D eigenvalue weighted by Crippen LogP contribution is 1.75. The van der Waals surface area contributed by atoms with E-state index >= 15 is 0 Å². The highest BCUT2D eigenvalue weighted by Gasteiger charge is 1.83. The lowest BCUT2D eigenvalue weighted by Crippen LogP contribution is -2.87. The maximum Gasteiger partial charge on any atom is -0.139 e. The molecule has 0 heterocycles. The average molecular weight is 168 g/mol. The van der Waals surface area contributed by atoms with E-state index in [0.29, 0.717) is 0 Å². The fourth-order valence-corrected chi connectivity index (χ4v) is 1.38. The second-order valence-corrected chi connectivity index (χ2v) is 3.92. The number of hydrogen-bond donors (Lipinski definition) is 0. The van der Waals surface area contributed by atoms with Crippen molar-refractivity contribution in [3.8, 4) is 0 Å². The lowest BCUT2D eigenvalue weighted by molar-refractivity contribution is -0.579. The Kier molecular flexibility index (Phi) is 2.45. The molecule has 0 radical (unpaired) electrons. The van der Waals surface area contributed by atoms with Gasteiger partial charge in [0.05, 0.1) is 0 Å². The van der Waals surface area contributed by atoms with Gasteiger partial charge in [0.1, 0.15) is 0 Å². The first-order chi connectivity index (χ1) is 3.71. The van der Waals surface area contributed by atoms with Crippen LogP contribution in [0.3, 0.4) is 0 Å². The van der Waals surface area contributed by atoms with Crippen molar-refractivity contribution in [2.45, 2.75) is 0 Å². The third kappa shape index (κ3) is 8.15. The second kappa shape index (κ2) is 2.41. The summed E-state index contributed by atoms with van der Waals surface area (Å²) in [5.41, 5.74) is 0. The normalized spacial score (nSPS) is 14.0. The van der Waals surface area contributed by atoms with Crippen LogP contribution >= 0.6 is 0 Å². The first-order valence-electron chi connectivity index (χ1n) is 1.63. The minimum atomic E-state index is -5.92. The van der Waals surface area contributed by atoms with Gasteiger partial charge in [0, 0.05) is 0 Å². The first kappa shape index (κ1) is 9.15. The molecule has 0 amide bonds. The highest BCUT2D eigenvalue weighted by atomic mass is 28.5. The summed E-state index contributed by atoms with van der Waals surface area (Å²) < 4.78 is 2.57. The van der Waals surface area contributed by atoms with Gasteiger partial charge in [0.2, 0.25) is 0 Å². The molecule has 7 nitrogen and oxygen atoms in total. The summed E-state index contributed by atoms with van der Waals surface area (Å²) >= 11 is 0. The van der Waals surface area contributed by atoms with E-state index in [4.69, 9.17) is 0 Å². The molecule has 0 aliphatic heterocycles. The fourth-order valence-electron chi connectivity index (χ4n) is 0.153. The minimum Gasteiger partial charge on any atom is -0.862 e. The molecule has 0 aromatic rings. The molecule has 0 unspecified atom stereocenters. The predicted octanol–water partition coefficient (Wildman–Crippen LogP) is -7.96. The second-order valence-electron chi connectivity index (χ2n) is 1.10. The Labute approximate surface area is 52.0 Å². The molecule has 0 N–H and O–H groups in total. The molecule has 0 saturated carbocycles. The lowest BCUT2D eigenvalue weighted by atomic mass is 15.6. The molecule has 0 aliphatic rings. The summed E-state index contributed by atoms with van der Waals surface area (Å²) in [6, 6.07) is 0. The Hall–Kier alpha value is 0.154. The minimum absolute atomic E-state index is 2.57. The zero-order valence-electron chi connectivity index (χ0n) is 3.86. The van der Waals surface area contributed by atoms with Crippen molar-refractivity contribution in [1.29, 1.82) is 0 Å². The molecule has 56 valence electrons. The van der Waals surface area contributed by atoms with Gasteiger partial charge in [-0.3, -0.25) is 0 Å². The Bertz CT molecular complexity index is 72.1. The Morgan fingerprint density at radius 1 is 0.667 bits per heavy atom. The van der Waals surface area contributed by atoms with Crippen LogP contribution in [0.25, 0.3) is 0 Å². The Balaban J connectivity index is 3.75. The molecule has 0 aromatic heterocycles. The predicted molar refractivity (Wildman–Crippen MR) is 12.6 cm³/mol. The molecular weight excluding hydrogens is 168 g/mol. The molecular formula is O7Si2-6. The van der Waals surface area contributed by atoms with Gasteiger partial charge in [-0.05, 0) is 0 Å². The molecule has 0 rings (SSSR count). The first-order valence-corrected chi connectivity index (χ1v) is 4.90. The van der Waals surface area contributed by atoms with Crippen molar-refractivity contribution in [2.24, 2.45) is 0 Å². The topological polar surface area (TPSA) is 148 Å². The monoisotopic (exact) mass is 168 g/mol. The van der Waals surface area contributed by atoms with Crippen molar-refractivity contribution in [1.82, 2.24) is 0 Å². The van der Waals surface area contributed by atoms with Crippen LogP contribution in [0.2, 0.25) is 0 Å². The Morgan fingerprint density at radius 2 is 0.889 bits per heavy atom. The largest absolute Gasteiger partial charge is 0.862 e. The van der Waals surface area contributed by atoms with Crippen LogP contribution in [0.1, 0.15) is 0 Å². The molecule has 0 atom stereocenters. The van der Waals surface area contributed by atoms with Crippen molar-refractivity contribution >= 4 is 18.1 Å². The van der Waals surface area contributed by atoms with Gasteiger partial charge in [-0.2, -0.15) is 0 Å². The van der Waals surface area contributed by atoms with Crippen LogP contribution in [0, 0.1) is 0 Å². The van der Waals surface area contributed by atoms with Gasteiger partial charge in [-0.25, -0.2) is 0 Å². The van der Waals surface area contributed by atoms with Crippen LogP contribution in [0.15, 0.2) is 0 Å². The van der Waals surface area contributed by atoms with E-state index in [0.717, 1.165) is 0 Å². The van der Waals surface area contributed by atoms with E-state index in [-0.39, 0.29) is 0 Å². The van der Waals surface area contributed by atoms with E-state index in [2.05, 4.69) is 4.12 Å². The van der Waals surface area contributed by atoms with E-state index in [1.807, 2.05) is 0 Å². The third-order valence-electron chi connectivity index (χ3n) is 0.250. The van der Waals surface area contributed by atoms with Crippen LogP contribution in [-0.2, 0) is 4.12 Å². The standard InChI is InChI=1S/O7Si2/c1-8(2,3)7-9(4,5)6/q-6. The summed E-state index contributed by atoms with van der Waals surface area (Å²) in [6.45, 7) is 0. The van der Waals surface area contributed by atoms with E-state index in [1.165, 1.54) is 0 Å². The van der Waals surface area contributed by atoms with E-state index in [9.17, 15) is 28.8 Å². The fraction of sp³-hybridized carbons (Fsp3) is 0. The van der Waals surface area contributed by atoms with Gasteiger partial charge < -0.3 is 32.9 Å². The Morgan fingerprint density at radius 3 is 0.889 bits per heavy atom. The third-order valence-corrected chi connectivity index (χ3v) is 2.25. The van der Waals surface area contributed by atoms with E-state index in [1.54, 1.807) is 0 Å². The summed E-state index contributed by atoms with van der Waals surface area (Å²) in [5, 5.41) is 0. The van der Waals surface area contributed by atoms with Crippen molar-refractivity contribution in [3.05, 3.63) is 0 Å². The summed E-state index contributed by atoms with van der Waals surface area (Å²) in [7, 11) is -11.8. The van der Waals surface area contributed by atoms with Crippen molar-refractivity contribution in [2.75, 3.05) is 0 Å². The van der Waals surface area contributed by atoms with Gasteiger partial charge in [0.15, 0.2) is 0 Å². The van der Waals surface area contributed by atoms with E-state index < -0.39 is 18.1 Å². The molecule has 9 heavy (non-hydrogen) atoms. The maximum absolute atomic E-state index is 9.36. The summed E-state index contributed by atoms with van der Waals surface area (Å²) in [6.07, 6.45) is 0. The van der Waals surface area contributed by atoms with Gasteiger partial charge in [-0.1, -0.05) is 0 Å². The lowest BCUT2D eigenvalue weighted by Gasteiger charge is -2.70. The molecule has 0 saturated heterocycles. The summed E-state index contributed by atoms with van der Waals surface area (Å²) in [4.78, 5) is 56.2. The molecule has 9 heteroatoms. The molecule has 0 spiro atoms. The molecule has 0 aliphatic carbocycles. The van der Waals surface area contributed by atoms with Gasteiger partial charge in [-0.15, -0.1) is 18.1 Å². The number of hydrogen-bond acceptors (Lipinski definition) is 7. The smallest absolute Gasteiger partial charge is 0.139 e.